The number of nitrogens with two attached hydrogens (primary N) is 1. The number of hydrogen-bond acceptors (Lipinski definition) is 2. The number of alkyl halides is 3. The summed E-state index contributed by atoms with van der Waals surface area (Å²) in [5.74, 6) is 5.51. The Morgan fingerprint density at radius 3 is 2.14 bits per heavy atom. The normalized spacial score (nSPS) is 13.2. The summed E-state index contributed by atoms with van der Waals surface area (Å²) < 4.78 is 37.7. The van der Waals surface area contributed by atoms with Crippen molar-refractivity contribution in [3.8, 4) is 0 Å². The summed E-state index contributed by atoms with van der Waals surface area (Å²) in [6.45, 7) is 0. The van der Waals surface area contributed by atoms with Gasteiger partial charge in [-0.15, -0.1) is 0 Å². The molecule has 1 unspecified atom stereocenters. The van der Waals surface area contributed by atoms with Gasteiger partial charge in [-0.25, -0.2) is 5.43 Å². The van der Waals surface area contributed by atoms with E-state index in [1.807, 2.05) is 0 Å². The molecule has 112 valence electrons. The lowest BCUT2D eigenvalue weighted by molar-refractivity contribution is -0.137. The van der Waals surface area contributed by atoms with Crippen LogP contribution < -0.4 is 11.3 Å². The predicted octanol–water partition coefficient (Wildman–Crippen LogP) is 4.56. The fourth-order valence-electron chi connectivity index (χ4n) is 1.97. The first-order valence-electron chi connectivity index (χ1n) is 5.91. The molecule has 21 heavy (non-hydrogen) atoms. The predicted molar refractivity (Wildman–Crippen MR) is 77.1 cm³/mol. The first kappa shape index (κ1) is 16.1. The highest BCUT2D eigenvalue weighted by atomic mass is 35.5. The highest BCUT2D eigenvalue weighted by Gasteiger charge is 2.30. The standard InChI is InChI=1S/C14H11Cl2F3N2/c15-10-5-6-12(16)11(7-10)13(21-20)8-1-3-9(4-2-8)14(17,18)19/h1-7,13,21H,20H2. The first-order chi connectivity index (χ1) is 9.82. The van der Waals surface area contributed by atoms with Crippen LogP contribution in [-0.4, -0.2) is 0 Å². The van der Waals surface area contributed by atoms with Crippen LogP contribution in [0.5, 0.6) is 0 Å². The van der Waals surface area contributed by atoms with Crippen molar-refractivity contribution in [2.45, 2.75) is 12.2 Å². The molecule has 0 heterocycles. The molecule has 0 fully saturated rings. The molecule has 0 bridgehead atoms. The number of hydrazine groups is 1. The van der Waals surface area contributed by atoms with E-state index in [4.69, 9.17) is 29.0 Å². The van der Waals surface area contributed by atoms with Gasteiger partial charge in [-0.3, -0.25) is 5.84 Å². The smallest absolute Gasteiger partial charge is 0.271 e. The molecule has 0 aliphatic carbocycles. The molecule has 7 heteroatoms. The summed E-state index contributed by atoms with van der Waals surface area (Å²) in [7, 11) is 0. The molecule has 0 saturated carbocycles. The van der Waals surface area contributed by atoms with Gasteiger partial charge in [0.2, 0.25) is 0 Å². The third-order valence-corrected chi connectivity index (χ3v) is 3.59. The van der Waals surface area contributed by atoms with Crippen LogP contribution in [0.3, 0.4) is 0 Å². The molecule has 0 radical (unpaired) electrons. The van der Waals surface area contributed by atoms with Crippen LogP contribution in [0.1, 0.15) is 22.7 Å². The van der Waals surface area contributed by atoms with Crippen LogP contribution >= 0.6 is 23.2 Å². The summed E-state index contributed by atoms with van der Waals surface area (Å²) in [5, 5.41) is 0.879. The van der Waals surface area contributed by atoms with E-state index >= 15 is 0 Å². The maximum absolute atomic E-state index is 12.6. The number of nitrogens with one attached hydrogen (secondary N) is 1. The lowest BCUT2D eigenvalue weighted by Gasteiger charge is -2.19. The lowest BCUT2D eigenvalue weighted by Crippen LogP contribution is -2.29. The lowest BCUT2D eigenvalue weighted by atomic mass is 9.98. The Balaban J connectivity index is 2.40. The van der Waals surface area contributed by atoms with Crippen LogP contribution in [-0.2, 0) is 6.18 Å². The number of hydrogen-bond donors (Lipinski definition) is 2. The molecular weight excluding hydrogens is 324 g/mol. The van der Waals surface area contributed by atoms with Gasteiger partial charge in [0.25, 0.3) is 0 Å². The number of halogens is 5. The summed E-state index contributed by atoms with van der Waals surface area (Å²) >= 11 is 12.0. The van der Waals surface area contributed by atoms with Crippen LogP contribution in [0, 0.1) is 0 Å². The Labute approximate surface area is 129 Å². The molecule has 3 N–H and O–H groups in total. The summed E-state index contributed by atoms with van der Waals surface area (Å²) in [4.78, 5) is 0. The molecular formula is C14H11Cl2F3N2. The molecule has 0 spiro atoms. The molecule has 2 aromatic carbocycles. The van der Waals surface area contributed by atoms with E-state index in [1.54, 1.807) is 18.2 Å². The van der Waals surface area contributed by atoms with Gasteiger partial charge in [0, 0.05) is 10.0 Å². The zero-order chi connectivity index (χ0) is 15.6. The maximum atomic E-state index is 12.6. The number of benzene rings is 2. The monoisotopic (exact) mass is 334 g/mol. The Morgan fingerprint density at radius 2 is 1.62 bits per heavy atom. The Bertz CT molecular complexity index is 627. The molecule has 2 aromatic rings. The zero-order valence-corrected chi connectivity index (χ0v) is 12.1. The first-order valence-corrected chi connectivity index (χ1v) is 6.66. The second kappa shape index (κ2) is 6.23. The molecule has 0 aliphatic rings. The Morgan fingerprint density at radius 1 is 1.00 bits per heavy atom. The van der Waals surface area contributed by atoms with E-state index in [0.29, 0.717) is 21.2 Å². The average Bonchev–Trinajstić information content (AvgIpc) is 2.43. The van der Waals surface area contributed by atoms with Gasteiger partial charge < -0.3 is 0 Å². The quantitative estimate of drug-likeness (QED) is 0.637. The van der Waals surface area contributed by atoms with E-state index in [9.17, 15) is 13.2 Å². The summed E-state index contributed by atoms with van der Waals surface area (Å²) in [6, 6.07) is 8.98. The average molecular weight is 335 g/mol. The SMILES string of the molecule is NNC(c1ccc(C(F)(F)F)cc1)c1cc(Cl)ccc1Cl. The van der Waals surface area contributed by atoms with Crippen LogP contribution in [0.4, 0.5) is 13.2 Å². The van der Waals surface area contributed by atoms with Crippen molar-refractivity contribution < 1.29 is 13.2 Å². The van der Waals surface area contributed by atoms with E-state index in [0.717, 1.165) is 12.1 Å². The minimum absolute atomic E-state index is 0.419. The molecule has 0 amide bonds. The maximum Gasteiger partial charge on any atom is 0.416 e. The van der Waals surface area contributed by atoms with E-state index in [1.165, 1.54) is 12.1 Å². The van der Waals surface area contributed by atoms with Gasteiger partial charge >= 0.3 is 6.18 Å². The molecule has 0 saturated heterocycles. The summed E-state index contributed by atoms with van der Waals surface area (Å²) in [5.41, 5.74) is 2.95. The van der Waals surface area contributed by atoms with Crippen molar-refractivity contribution >= 4 is 23.2 Å². The minimum Gasteiger partial charge on any atom is -0.271 e. The van der Waals surface area contributed by atoms with Crippen molar-refractivity contribution in [3.63, 3.8) is 0 Å². The van der Waals surface area contributed by atoms with Gasteiger partial charge in [-0.2, -0.15) is 13.2 Å². The van der Waals surface area contributed by atoms with Crippen LogP contribution in [0.25, 0.3) is 0 Å². The largest absolute Gasteiger partial charge is 0.416 e. The van der Waals surface area contributed by atoms with E-state index < -0.39 is 17.8 Å². The topological polar surface area (TPSA) is 38.0 Å². The van der Waals surface area contributed by atoms with Crippen molar-refractivity contribution in [1.82, 2.24) is 5.43 Å². The van der Waals surface area contributed by atoms with Gasteiger partial charge in [0.15, 0.2) is 0 Å². The molecule has 2 nitrogen and oxygen atoms in total. The molecule has 0 aromatic heterocycles. The highest BCUT2D eigenvalue weighted by molar-refractivity contribution is 6.33. The fraction of sp³-hybridized carbons (Fsp3) is 0.143. The minimum atomic E-state index is -4.38. The Kier molecular flexibility index (Phi) is 4.78. The zero-order valence-electron chi connectivity index (χ0n) is 10.6. The van der Waals surface area contributed by atoms with Gasteiger partial charge in [-0.05, 0) is 41.5 Å². The van der Waals surface area contributed by atoms with E-state index in [2.05, 4.69) is 5.43 Å². The van der Waals surface area contributed by atoms with Crippen molar-refractivity contribution in [1.29, 1.82) is 0 Å². The van der Waals surface area contributed by atoms with Crippen molar-refractivity contribution in [3.05, 3.63) is 69.2 Å². The van der Waals surface area contributed by atoms with Gasteiger partial charge in [0.1, 0.15) is 0 Å². The molecule has 2 rings (SSSR count). The number of rotatable bonds is 3. The van der Waals surface area contributed by atoms with Crippen LogP contribution in [0.2, 0.25) is 10.0 Å². The summed E-state index contributed by atoms with van der Waals surface area (Å²) in [6.07, 6.45) is -4.38. The van der Waals surface area contributed by atoms with E-state index in [-0.39, 0.29) is 0 Å². The van der Waals surface area contributed by atoms with Gasteiger partial charge in [0.05, 0.1) is 11.6 Å². The second-order valence-electron chi connectivity index (χ2n) is 4.39. The Hall–Kier alpha value is -1.27. The van der Waals surface area contributed by atoms with Crippen molar-refractivity contribution in [2.24, 2.45) is 5.84 Å². The highest BCUT2D eigenvalue weighted by Crippen LogP contribution is 2.33. The molecule has 0 aliphatic heterocycles. The third kappa shape index (κ3) is 3.68. The van der Waals surface area contributed by atoms with Crippen LogP contribution in [0.15, 0.2) is 42.5 Å². The van der Waals surface area contributed by atoms with Gasteiger partial charge in [-0.1, -0.05) is 35.3 Å². The second-order valence-corrected chi connectivity index (χ2v) is 5.23. The molecule has 1 atom stereocenters. The fourth-order valence-corrected chi connectivity index (χ4v) is 2.37. The van der Waals surface area contributed by atoms with Crippen molar-refractivity contribution in [2.75, 3.05) is 0 Å². The third-order valence-electron chi connectivity index (χ3n) is 3.01.